The Bertz CT molecular complexity index is 1310. The van der Waals surface area contributed by atoms with Crippen molar-refractivity contribution in [2.75, 3.05) is 13.2 Å². The number of benzene rings is 3. The molecule has 0 atom stereocenters. The van der Waals surface area contributed by atoms with E-state index in [0.29, 0.717) is 35.2 Å². The first-order chi connectivity index (χ1) is 16.4. The first kappa shape index (κ1) is 23.6. The van der Waals surface area contributed by atoms with Crippen LogP contribution in [0.25, 0.3) is 16.8 Å². The quantitative estimate of drug-likeness (QED) is 0.236. The highest BCUT2D eigenvalue weighted by atomic mass is 127. The second kappa shape index (κ2) is 10.1. The van der Waals surface area contributed by atoms with Gasteiger partial charge in [-0.1, -0.05) is 42.5 Å². The molecule has 9 heteroatoms. The largest absolute Gasteiger partial charge is 0.490 e. The number of hydrogen-bond acceptors (Lipinski definition) is 5. The number of aliphatic carboxylic acids is 1. The minimum absolute atomic E-state index is 0.00563. The number of nitrogens with one attached hydrogen (secondary N) is 1. The van der Waals surface area contributed by atoms with Gasteiger partial charge in [-0.2, -0.15) is 0 Å². The lowest BCUT2D eigenvalue weighted by molar-refractivity contribution is -0.140. The fourth-order valence-electron chi connectivity index (χ4n) is 3.66. The van der Waals surface area contributed by atoms with E-state index in [1.54, 1.807) is 12.1 Å². The van der Waals surface area contributed by atoms with Gasteiger partial charge in [0, 0.05) is 0 Å². The SMILES string of the molecule is CCOc1cc(/C=C2/NC(=O)N(CC(=O)O)C2=O)cc(I)c1OCc1cccc2ccccc12. The standard InChI is InChI=1S/C25H21IN2O6/c1-2-33-21-12-15(11-20-24(31)28(13-22(29)30)25(32)27-20)10-19(26)23(21)34-14-17-8-5-7-16-6-3-4-9-18(16)17/h3-12H,2,13-14H2,1H3,(H,27,32)(H,29,30)/b20-11+. The van der Waals surface area contributed by atoms with Crippen molar-refractivity contribution in [2.24, 2.45) is 0 Å². The first-order valence-electron chi connectivity index (χ1n) is 10.5. The molecule has 2 N–H and O–H groups in total. The van der Waals surface area contributed by atoms with E-state index >= 15 is 0 Å². The third kappa shape index (κ3) is 4.98. The second-order valence-electron chi connectivity index (χ2n) is 7.46. The molecule has 4 rings (SSSR count). The number of carboxylic acids is 1. The van der Waals surface area contributed by atoms with Crippen molar-refractivity contribution in [2.45, 2.75) is 13.5 Å². The first-order valence-corrected chi connectivity index (χ1v) is 11.6. The molecule has 1 saturated heterocycles. The summed E-state index contributed by atoms with van der Waals surface area (Å²) in [6.45, 7) is 1.90. The Hall–Kier alpha value is -3.60. The van der Waals surface area contributed by atoms with Crippen LogP contribution in [0.4, 0.5) is 4.79 Å². The van der Waals surface area contributed by atoms with Crippen molar-refractivity contribution < 1.29 is 29.0 Å². The molecule has 0 aliphatic carbocycles. The molecule has 0 spiro atoms. The molecule has 0 unspecified atom stereocenters. The van der Waals surface area contributed by atoms with E-state index in [-0.39, 0.29) is 5.70 Å². The Balaban J connectivity index is 1.61. The lowest BCUT2D eigenvalue weighted by Crippen LogP contribution is -2.35. The van der Waals surface area contributed by atoms with Crippen molar-refractivity contribution in [3.05, 3.63) is 75.0 Å². The summed E-state index contributed by atoms with van der Waals surface area (Å²) in [7, 11) is 0. The van der Waals surface area contributed by atoms with Gasteiger partial charge in [-0.15, -0.1) is 0 Å². The van der Waals surface area contributed by atoms with Gasteiger partial charge >= 0.3 is 12.0 Å². The summed E-state index contributed by atoms with van der Waals surface area (Å²) < 4.78 is 12.7. The maximum absolute atomic E-state index is 12.4. The molecule has 0 saturated carbocycles. The molecule has 1 aliphatic rings. The lowest BCUT2D eigenvalue weighted by Gasteiger charge is -2.16. The van der Waals surface area contributed by atoms with Gasteiger partial charge in [-0.05, 0) is 69.6 Å². The molecule has 0 radical (unpaired) electrons. The van der Waals surface area contributed by atoms with E-state index < -0.39 is 24.5 Å². The van der Waals surface area contributed by atoms with E-state index in [9.17, 15) is 14.4 Å². The summed E-state index contributed by atoms with van der Waals surface area (Å²) in [5.74, 6) is -0.894. The molecule has 0 bridgehead atoms. The van der Waals surface area contributed by atoms with Crippen LogP contribution in [-0.4, -0.2) is 41.1 Å². The number of carbonyl (C=O) groups is 3. The third-order valence-corrected chi connectivity index (χ3v) is 5.95. The number of carbonyl (C=O) groups excluding carboxylic acids is 2. The molecule has 0 aromatic heterocycles. The van der Waals surface area contributed by atoms with Gasteiger partial charge in [-0.25, -0.2) is 9.69 Å². The highest BCUT2D eigenvalue weighted by molar-refractivity contribution is 14.1. The molecule has 174 valence electrons. The molecule has 3 amide bonds. The number of ether oxygens (including phenoxy) is 2. The zero-order chi connectivity index (χ0) is 24.2. The molecule has 8 nitrogen and oxygen atoms in total. The molecule has 3 aromatic carbocycles. The number of rotatable bonds is 8. The Morgan fingerprint density at radius 2 is 1.88 bits per heavy atom. The van der Waals surface area contributed by atoms with Crippen LogP contribution in [0.2, 0.25) is 0 Å². The number of urea groups is 1. The molecule has 1 heterocycles. The minimum atomic E-state index is -1.27. The van der Waals surface area contributed by atoms with Crippen LogP contribution in [0.3, 0.4) is 0 Å². The number of nitrogens with zero attached hydrogens (tertiary/aromatic N) is 1. The summed E-state index contributed by atoms with van der Waals surface area (Å²) in [4.78, 5) is 36.0. The minimum Gasteiger partial charge on any atom is -0.490 e. The smallest absolute Gasteiger partial charge is 0.329 e. The number of hydrogen-bond donors (Lipinski definition) is 2. The van der Waals surface area contributed by atoms with Crippen LogP contribution in [0, 0.1) is 3.57 Å². The van der Waals surface area contributed by atoms with E-state index in [2.05, 4.69) is 46.1 Å². The Morgan fingerprint density at radius 3 is 2.65 bits per heavy atom. The Kier molecular flexibility index (Phi) is 7.01. The van der Waals surface area contributed by atoms with Crippen LogP contribution in [0.1, 0.15) is 18.1 Å². The van der Waals surface area contributed by atoms with Crippen molar-refractivity contribution in [1.29, 1.82) is 0 Å². The van der Waals surface area contributed by atoms with E-state index in [4.69, 9.17) is 14.6 Å². The second-order valence-corrected chi connectivity index (χ2v) is 8.63. The number of fused-ring (bicyclic) bond motifs is 1. The van der Waals surface area contributed by atoms with Gasteiger partial charge in [0.1, 0.15) is 18.8 Å². The van der Waals surface area contributed by atoms with Crippen LogP contribution in [0.15, 0.2) is 60.3 Å². The van der Waals surface area contributed by atoms with Gasteiger partial charge in [0.25, 0.3) is 5.91 Å². The van der Waals surface area contributed by atoms with Crippen molar-refractivity contribution >= 4 is 57.3 Å². The maximum Gasteiger partial charge on any atom is 0.329 e. The van der Waals surface area contributed by atoms with Crippen LogP contribution in [0.5, 0.6) is 11.5 Å². The third-order valence-electron chi connectivity index (χ3n) is 5.15. The number of halogens is 1. The molecule has 1 aliphatic heterocycles. The molecule has 3 aromatic rings. The van der Waals surface area contributed by atoms with Gasteiger partial charge in [-0.3, -0.25) is 9.59 Å². The molecule has 34 heavy (non-hydrogen) atoms. The van der Waals surface area contributed by atoms with Crippen molar-refractivity contribution in [3.63, 3.8) is 0 Å². The predicted molar refractivity (Wildman–Crippen MR) is 134 cm³/mol. The average molecular weight is 572 g/mol. The monoisotopic (exact) mass is 572 g/mol. The van der Waals surface area contributed by atoms with Crippen LogP contribution in [-0.2, 0) is 16.2 Å². The zero-order valence-electron chi connectivity index (χ0n) is 18.2. The average Bonchev–Trinajstić information content (AvgIpc) is 3.05. The summed E-state index contributed by atoms with van der Waals surface area (Å²) >= 11 is 2.13. The molecular weight excluding hydrogens is 551 g/mol. The van der Waals surface area contributed by atoms with E-state index in [1.165, 1.54) is 6.08 Å². The highest BCUT2D eigenvalue weighted by Gasteiger charge is 2.35. The number of amides is 3. The predicted octanol–water partition coefficient (Wildman–Crippen LogP) is 4.40. The fraction of sp³-hybridized carbons (Fsp3) is 0.160. The van der Waals surface area contributed by atoms with Gasteiger partial charge in [0.05, 0.1) is 10.2 Å². The maximum atomic E-state index is 12.4. The topological polar surface area (TPSA) is 105 Å². The Labute approximate surface area is 209 Å². The van der Waals surface area contributed by atoms with Crippen molar-refractivity contribution in [1.82, 2.24) is 10.2 Å². The molecular formula is C25H21IN2O6. The Morgan fingerprint density at radius 1 is 1.12 bits per heavy atom. The normalized spacial score (nSPS) is 14.5. The van der Waals surface area contributed by atoms with E-state index in [0.717, 1.165) is 19.9 Å². The summed E-state index contributed by atoms with van der Waals surface area (Å²) in [6, 6.07) is 16.9. The van der Waals surface area contributed by atoms with Gasteiger partial charge in [0.15, 0.2) is 11.5 Å². The fourth-order valence-corrected chi connectivity index (χ4v) is 4.44. The van der Waals surface area contributed by atoms with Gasteiger partial charge in [0.2, 0.25) is 0 Å². The lowest BCUT2D eigenvalue weighted by atomic mass is 10.1. The van der Waals surface area contributed by atoms with Gasteiger partial charge < -0.3 is 19.9 Å². The summed E-state index contributed by atoms with van der Waals surface area (Å²) in [5, 5.41) is 13.6. The number of carboxylic acid groups (broad SMARTS) is 1. The summed E-state index contributed by atoms with van der Waals surface area (Å²) in [6.07, 6.45) is 1.49. The highest BCUT2D eigenvalue weighted by Crippen LogP contribution is 2.36. The summed E-state index contributed by atoms with van der Waals surface area (Å²) in [5.41, 5.74) is 1.64. The number of imide groups is 1. The van der Waals surface area contributed by atoms with Crippen molar-refractivity contribution in [3.8, 4) is 11.5 Å². The van der Waals surface area contributed by atoms with E-state index in [1.807, 2.05) is 31.2 Å². The zero-order valence-corrected chi connectivity index (χ0v) is 20.4. The van der Waals surface area contributed by atoms with Crippen LogP contribution >= 0.6 is 22.6 Å². The van der Waals surface area contributed by atoms with Crippen LogP contribution < -0.4 is 14.8 Å². The molecule has 1 fully saturated rings.